The molecule has 0 unspecified atom stereocenters. The number of halogens is 3. The minimum atomic E-state index is -4.40. The van der Waals surface area contributed by atoms with Gasteiger partial charge in [-0.05, 0) is 43.7 Å². The van der Waals surface area contributed by atoms with Crippen LogP contribution in [0.15, 0.2) is 51.8 Å². The van der Waals surface area contributed by atoms with E-state index in [0.717, 1.165) is 62.0 Å². The first kappa shape index (κ1) is 27.9. The van der Waals surface area contributed by atoms with E-state index in [1.165, 1.54) is 30.6 Å². The SMILES string of the molecule is COc1cc(OCc2sc(-c3ccc(C(F)(F)F)cc3)nc2CCCN2CCOCC2)ccc1-c1noc(=O)[nH]1. The van der Waals surface area contributed by atoms with Crippen molar-refractivity contribution in [3.8, 4) is 33.5 Å². The van der Waals surface area contributed by atoms with Gasteiger partial charge in [0.1, 0.15) is 23.1 Å². The van der Waals surface area contributed by atoms with E-state index in [0.29, 0.717) is 34.1 Å². The van der Waals surface area contributed by atoms with Gasteiger partial charge in [-0.3, -0.25) is 14.4 Å². The molecule has 5 rings (SSSR count). The highest BCUT2D eigenvalue weighted by Crippen LogP contribution is 2.35. The van der Waals surface area contributed by atoms with Crippen LogP contribution in [0, 0.1) is 0 Å². The van der Waals surface area contributed by atoms with E-state index in [1.807, 2.05) is 0 Å². The van der Waals surface area contributed by atoms with Crippen LogP contribution in [-0.4, -0.2) is 60.0 Å². The summed E-state index contributed by atoms with van der Waals surface area (Å²) in [6, 6.07) is 10.1. The Kier molecular flexibility index (Phi) is 8.52. The largest absolute Gasteiger partial charge is 0.496 e. The van der Waals surface area contributed by atoms with Gasteiger partial charge in [-0.1, -0.05) is 17.3 Å². The van der Waals surface area contributed by atoms with Crippen LogP contribution in [0.3, 0.4) is 0 Å². The molecular weight excluding hydrogens is 549 g/mol. The number of hydrogen-bond donors (Lipinski definition) is 1. The Bertz CT molecular complexity index is 1480. The minimum Gasteiger partial charge on any atom is -0.496 e. The number of nitrogens with zero attached hydrogens (tertiary/aromatic N) is 3. The monoisotopic (exact) mass is 576 g/mol. The first-order valence-electron chi connectivity index (χ1n) is 12.6. The summed E-state index contributed by atoms with van der Waals surface area (Å²) in [5, 5.41) is 4.33. The molecule has 0 amide bonds. The van der Waals surface area contributed by atoms with Gasteiger partial charge in [0.05, 0.1) is 42.0 Å². The van der Waals surface area contributed by atoms with Gasteiger partial charge in [0.15, 0.2) is 5.82 Å². The fourth-order valence-corrected chi connectivity index (χ4v) is 5.39. The third-order valence-corrected chi connectivity index (χ3v) is 7.59. The first-order valence-corrected chi connectivity index (χ1v) is 13.5. The lowest BCUT2D eigenvalue weighted by molar-refractivity contribution is -0.137. The molecule has 4 aromatic rings. The third-order valence-electron chi connectivity index (χ3n) is 6.47. The first-order chi connectivity index (χ1) is 19.3. The molecular formula is C27H27F3N4O5S. The summed E-state index contributed by atoms with van der Waals surface area (Å²) >= 11 is 1.40. The maximum Gasteiger partial charge on any atom is 0.439 e. The van der Waals surface area contributed by atoms with Crippen LogP contribution >= 0.6 is 11.3 Å². The molecule has 2 aromatic heterocycles. The molecule has 2 aromatic carbocycles. The Morgan fingerprint density at radius 1 is 1.12 bits per heavy atom. The number of thiazole rings is 1. The van der Waals surface area contributed by atoms with Crippen LogP contribution in [0.25, 0.3) is 22.0 Å². The zero-order valence-corrected chi connectivity index (χ0v) is 22.4. The molecule has 13 heteroatoms. The Hall–Kier alpha value is -3.68. The number of methoxy groups -OCH3 is 1. The van der Waals surface area contributed by atoms with E-state index < -0.39 is 17.5 Å². The quantitative estimate of drug-likeness (QED) is 0.281. The molecule has 0 aliphatic carbocycles. The zero-order chi connectivity index (χ0) is 28.1. The van der Waals surface area contributed by atoms with Crippen LogP contribution in [0.2, 0.25) is 0 Å². The summed E-state index contributed by atoms with van der Waals surface area (Å²) in [6.07, 6.45) is -2.82. The normalized spacial score (nSPS) is 14.4. The zero-order valence-electron chi connectivity index (χ0n) is 21.6. The van der Waals surface area contributed by atoms with E-state index in [1.54, 1.807) is 18.2 Å². The summed E-state index contributed by atoms with van der Waals surface area (Å²) < 4.78 is 60.7. The molecule has 40 heavy (non-hydrogen) atoms. The lowest BCUT2D eigenvalue weighted by atomic mass is 10.1. The average molecular weight is 577 g/mol. The van der Waals surface area contributed by atoms with Crippen molar-refractivity contribution in [2.75, 3.05) is 40.0 Å². The van der Waals surface area contributed by atoms with Gasteiger partial charge in [-0.2, -0.15) is 13.2 Å². The molecule has 1 aliphatic rings. The number of rotatable bonds is 10. The minimum absolute atomic E-state index is 0.217. The number of aromatic amines is 1. The average Bonchev–Trinajstić information content (AvgIpc) is 3.58. The highest BCUT2D eigenvalue weighted by atomic mass is 32.1. The predicted molar refractivity (Wildman–Crippen MR) is 142 cm³/mol. The van der Waals surface area contributed by atoms with E-state index in [4.69, 9.17) is 19.2 Å². The molecule has 0 atom stereocenters. The van der Waals surface area contributed by atoms with Crippen molar-refractivity contribution in [1.29, 1.82) is 0 Å². The van der Waals surface area contributed by atoms with Gasteiger partial charge >= 0.3 is 11.9 Å². The highest BCUT2D eigenvalue weighted by Gasteiger charge is 2.30. The van der Waals surface area contributed by atoms with Crippen LogP contribution < -0.4 is 15.2 Å². The number of ether oxygens (including phenoxy) is 3. The lowest BCUT2D eigenvalue weighted by Crippen LogP contribution is -2.37. The second-order valence-corrected chi connectivity index (χ2v) is 10.2. The molecule has 1 aliphatic heterocycles. The van der Waals surface area contributed by atoms with E-state index >= 15 is 0 Å². The summed E-state index contributed by atoms with van der Waals surface area (Å²) in [5.41, 5.74) is 1.31. The molecule has 1 fully saturated rings. The Morgan fingerprint density at radius 2 is 1.90 bits per heavy atom. The van der Waals surface area contributed by atoms with E-state index in [9.17, 15) is 18.0 Å². The molecule has 0 spiro atoms. The topological polar surface area (TPSA) is 103 Å². The number of alkyl halides is 3. The van der Waals surface area contributed by atoms with Crippen molar-refractivity contribution in [3.05, 3.63) is 69.1 Å². The molecule has 212 valence electrons. The number of hydrogen-bond acceptors (Lipinski definition) is 9. The second kappa shape index (κ2) is 12.2. The standard InChI is InChI=1S/C27H27F3N4O5S/c1-36-22-15-19(8-9-20(22)24-32-26(35)39-33-24)38-16-23-21(3-2-10-34-11-13-37-14-12-34)31-25(40-23)17-4-6-18(7-5-17)27(28,29)30/h4-9,15H,2-3,10-14,16H2,1H3,(H,32,33,35). The van der Waals surface area contributed by atoms with Gasteiger partial charge in [0, 0.05) is 24.7 Å². The van der Waals surface area contributed by atoms with Crippen molar-refractivity contribution in [2.24, 2.45) is 0 Å². The maximum absolute atomic E-state index is 13.0. The third kappa shape index (κ3) is 6.72. The van der Waals surface area contributed by atoms with Gasteiger partial charge in [0.25, 0.3) is 0 Å². The van der Waals surface area contributed by atoms with Crippen molar-refractivity contribution in [2.45, 2.75) is 25.6 Å². The lowest BCUT2D eigenvalue weighted by Gasteiger charge is -2.26. The molecule has 9 nitrogen and oxygen atoms in total. The number of H-pyrrole nitrogens is 1. The van der Waals surface area contributed by atoms with Crippen molar-refractivity contribution in [1.82, 2.24) is 20.0 Å². The van der Waals surface area contributed by atoms with Crippen LogP contribution in [-0.2, 0) is 23.9 Å². The Labute approximate surface area is 231 Å². The molecule has 1 N–H and O–H groups in total. The molecule has 3 heterocycles. The Morgan fingerprint density at radius 3 is 2.58 bits per heavy atom. The van der Waals surface area contributed by atoms with E-state index in [-0.39, 0.29) is 12.4 Å². The van der Waals surface area contributed by atoms with Gasteiger partial charge in [-0.25, -0.2) is 9.78 Å². The summed E-state index contributed by atoms with van der Waals surface area (Å²) in [6.45, 7) is 4.35. The summed E-state index contributed by atoms with van der Waals surface area (Å²) in [4.78, 5) is 21.9. The van der Waals surface area contributed by atoms with Crippen molar-refractivity contribution in [3.63, 3.8) is 0 Å². The molecule has 1 saturated heterocycles. The maximum atomic E-state index is 13.0. The van der Waals surface area contributed by atoms with Gasteiger partial charge < -0.3 is 14.2 Å². The number of morpholine rings is 1. The van der Waals surface area contributed by atoms with Crippen LogP contribution in [0.5, 0.6) is 11.5 Å². The number of nitrogens with one attached hydrogen (secondary N) is 1. The summed E-state index contributed by atoms with van der Waals surface area (Å²) in [5.74, 6) is 0.518. The van der Waals surface area contributed by atoms with Gasteiger partial charge in [0.2, 0.25) is 0 Å². The predicted octanol–water partition coefficient (Wildman–Crippen LogP) is 5.02. The number of benzene rings is 2. The van der Waals surface area contributed by atoms with Gasteiger partial charge in [-0.15, -0.1) is 11.3 Å². The fourth-order valence-electron chi connectivity index (χ4n) is 4.36. The fraction of sp³-hybridized carbons (Fsp3) is 0.370. The highest BCUT2D eigenvalue weighted by molar-refractivity contribution is 7.15. The Balaban J connectivity index is 1.34. The number of aryl methyl sites for hydroxylation is 1. The van der Waals surface area contributed by atoms with Crippen LogP contribution in [0.4, 0.5) is 13.2 Å². The van der Waals surface area contributed by atoms with Crippen molar-refractivity contribution < 1.29 is 31.9 Å². The molecule has 0 saturated carbocycles. The second-order valence-electron chi connectivity index (χ2n) is 9.12. The smallest absolute Gasteiger partial charge is 0.439 e. The molecule has 0 radical (unpaired) electrons. The molecule has 0 bridgehead atoms. The summed E-state index contributed by atoms with van der Waals surface area (Å²) in [7, 11) is 1.49. The van der Waals surface area contributed by atoms with Crippen molar-refractivity contribution >= 4 is 11.3 Å². The van der Waals surface area contributed by atoms with Crippen LogP contribution in [0.1, 0.15) is 22.6 Å². The number of aromatic nitrogens is 3. The van der Waals surface area contributed by atoms with E-state index in [2.05, 4.69) is 19.6 Å².